The molecule has 0 saturated carbocycles. The predicted octanol–water partition coefficient (Wildman–Crippen LogP) is 3.84. The summed E-state index contributed by atoms with van der Waals surface area (Å²) in [5, 5.41) is 0. The monoisotopic (exact) mass is 454 g/mol. The van der Waals surface area contributed by atoms with E-state index in [4.69, 9.17) is 9.47 Å². The van der Waals surface area contributed by atoms with Gasteiger partial charge in [-0.05, 0) is 66.6 Å². The molecule has 0 aromatic heterocycles. The molecular weight excluding hydrogens is 428 g/mol. The van der Waals surface area contributed by atoms with Crippen LogP contribution < -0.4 is 14.2 Å². The Morgan fingerprint density at radius 2 is 1.62 bits per heavy atom. The van der Waals surface area contributed by atoms with Gasteiger partial charge in [-0.25, -0.2) is 8.42 Å². The van der Waals surface area contributed by atoms with Gasteiger partial charge in [0.2, 0.25) is 0 Å². The predicted molar refractivity (Wildman–Crippen MR) is 123 cm³/mol. The third-order valence-corrected chi connectivity index (χ3v) is 6.17. The molecule has 0 unspecified atom stereocenters. The zero-order valence-corrected chi connectivity index (χ0v) is 19.1. The molecule has 3 rings (SSSR count). The Hall–Kier alpha value is -3.52. The summed E-state index contributed by atoms with van der Waals surface area (Å²) < 4.78 is 38.4. The number of likely N-dealkylation sites (N-methyl/N-ethyl adjacent to an activating group) is 1. The molecule has 1 amide bonds. The second-order valence-corrected chi connectivity index (χ2v) is 9.02. The largest absolute Gasteiger partial charge is 0.497 e. The van der Waals surface area contributed by atoms with Crippen molar-refractivity contribution in [2.75, 3.05) is 25.5 Å². The van der Waals surface area contributed by atoms with Gasteiger partial charge < -0.3 is 14.4 Å². The SMILES string of the molecule is COc1ccc(CN(C)C(=O)COc2ccc(S(=O)(=O)Nc3cccc(C)c3)cc2)cc1. The Labute approximate surface area is 188 Å². The molecule has 0 heterocycles. The van der Waals surface area contributed by atoms with Gasteiger partial charge >= 0.3 is 0 Å². The maximum atomic E-state index is 12.6. The number of nitrogens with zero attached hydrogens (tertiary/aromatic N) is 1. The van der Waals surface area contributed by atoms with Crippen LogP contribution in [0.15, 0.2) is 77.7 Å². The molecule has 0 aliphatic heterocycles. The third-order valence-electron chi connectivity index (χ3n) is 4.77. The smallest absolute Gasteiger partial charge is 0.261 e. The summed E-state index contributed by atoms with van der Waals surface area (Å²) in [7, 11) is -0.422. The Morgan fingerprint density at radius 3 is 2.25 bits per heavy atom. The molecule has 3 aromatic rings. The lowest BCUT2D eigenvalue weighted by Gasteiger charge is -2.18. The van der Waals surface area contributed by atoms with E-state index in [1.807, 2.05) is 37.3 Å². The lowest BCUT2D eigenvalue weighted by molar-refractivity contribution is -0.132. The molecule has 0 spiro atoms. The van der Waals surface area contributed by atoms with Crippen LogP contribution in [-0.4, -0.2) is 40.0 Å². The normalized spacial score (nSPS) is 11.0. The molecule has 0 aliphatic carbocycles. The molecule has 0 atom stereocenters. The molecule has 168 valence electrons. The Bertz CT molecular complexity index is 1160. The molecule has 0 saturated heterocycles. The number of methoxy groups -OCH3 is 1. The fourth-order valence-electron chi connectivity index (χ4n) is 2.99. The maximum Gasteiger partial charge on any atom is 0.261 e. The summed E-state index contributed by atoms with van der Waals surface area (Å²) in [5.74, 6) is 0.968. The van der Waals surface area contributed by atoms with E-state index in [0.29, 0.717) is 18.0 Å². The molecule has 3 aromatic carbocycles. The van der Waals surface area contributed by atoms with Crippen molar-refractivity contribution >= 4 is 21.6 Å². The van der Waals surface area contributed by atoms with E-state index in [-0.39, 0.29) is 17.4 Å². The summed E-state index contributed by atoms with van der Waals surface area (Å²) in [6.45, 7) is 2.17. The van der Waals surface area contributed by atoms with Gasteiger partial charge in [-0.1, -0.05) is 24.3 Å². The number of carbonyl (C=O) groups is 1. The number of benzene rings is 3. The van der Waals surface area contributed by atoms with E-state index >= 15 is 0 Å². The summed E-state index contributed by atoms with van der Waals surface area (Å²) in [4.78, 5) is 14.0. The Balaban J connectivity index is 1.54. The minimum absolute atomic E-state index is 0.106. The molecule has 8 heteroatoms. The summed E-state index contributed by atoms with van der Waals surface area (Å²) in [6, 6.07) is 20.5. The van der Waals surface area contributed by atoms with Crippen LogP contribution in [-0.2, 0) is 21.4 Å². The van der Waals surface area contributed by atoms with Gasteiger partial charge in [0, 0.05) is 19.3 Å². The van der Waals surface area contributed by atoms with Gasteiger partial charge in [0.1, 0.15) is 11.5 Å². The Morgan fingerprint density at radius 1 is 0.969 bits per heavy atom. The van der Waals surface area contributed by atoms with Crippen molar-refractivity contribution in [3.05, 3.63) is 83.9 Å². The first-order valence-electron chi connectivity index (χ1n) is 9.96. The van der Waals surface area contributed by atoms with Gasteiger partial charge in [0.15, 0.2) is 6.61 Å². The average molecular weight is 455 g/mol. The number of ether oxygens (including phenoxy) is 2. The van der Waals surface area contributed by atoms with E-state index < -0.39 is 10.0 Å². The van der Waals surface area contributed by atoms with E-state index in [1.54, 1.807) is 37.3 Å². The van der Waals surface area contributed by atoms with Gasteiger partial charge in [-0.15, -0.1) is 0 Å². The van der Waals surface area contributed by atoms with Crippen LogP contribution in [0.3, 0.4) is 0 Å². The molecule has 0 bridgehead atoms. The van der Waals surface area contributed by atoms with Crippen molar-refractivity contribution in [2.24, 2.45) is 0 Å². The first kappa shape index (κ1) is 23.1. The number of hydrogen-bond donors (Lipinski definition) is 1. The van der Waals surface area contributed by atoms with Crippen LogP contribution in [0.4, 0.5) is 5.69 Å². The zero-order valence-electron chi connectivity index (χ0n) is 18.2. The molecule has 7 nitrogen and oxygen atoms in total. The molecule has 0 radical (unpaired) electrons. The van der Waals surface area contributed by atoms with E-state index in [0.717, 1.165) is 16.9 Å². The van der Waals surface area contributed by atoms with Crippen molar-refractivity contribution in [1.82, 2.24) is 4.90 Å². The minimum atomic E-state index is -3.72. The number of hydrogen-bond acceptors (Lipinski definition) is 5. The number of anilines is 1. The van der Waals surface area contributed by atoms with Crippen molar-refractivity contribution in [2.45, 2.75) is 18.4 Å². The van der Waals surface area contributed by atoms with Gasteiger partial charge in [0.05, 0.1) is 12.0 Å². The lowest BCUT2D eigenvalue weighted by Crippen LogP contribution is -2.30. The van der Waals surface area contributed by atoms with E-state index in [2.05, 4.69) is 4.72 Å². The first-order chi connectivity index (χ1) is 15.3. The molecule has 0 aliphatic rings. The fourth-order valence-corrected chi connectivity index (χ4v) is 4.04. The number of rotatable bonds is 9. The van der Waals surface area contributed by atoms with Gasteiger partial charge in [-0.3, -0.25) is 9.52 Å². The third kappa shape index (κ3) is 6.24. The number of aryl methyl sites for hydroxylation is 1. The molecule has 0 fully saturated rings. The highest BCUT2D eigenvalue weighted by molar-refractivity contribution is 7.92. The van der Waals surface area contributed by atoms with Crippen LogP contribution in [0.1, 0.15) is 11.1 Å². The average Bonchev–Trinajstić information content (AvgIpc) is 2.78. The zero-order chi connectivity index (χ0) is 23.1. The molecule has 32 heavy (non-hydrogen) atoms. The molecular formula is C24H26N2O5S. The minimum Gasteiger partial charge on any atom is -0.497 e. The standard InChI is InChI=1S/C24H26N2O5S/c1-18-5-4-6-20(15-18)25-32(28,29)23-13-11-22(12-14-23)31-17-24(27)26(2)16-19-7-9-21(30-3)10-8-19/h4-15,25H,16-17H2,1-3H3. The van der Waals surface area contributed by atoms with Crippen LogP contribution in [0.25, 0.3) is 0 Å². The quantitative estimate of drug-likeness (QED) is 0.531. The number of sulfonamides is 1. The van der Waals surface area contributed by atoms with Crippen LogP contribution in [0, 0.1) is 6.92 Å². The second kappa shape index (κ2) is 10.2. The number of nitrogens with one attached hydrogen (secondary N) is 1. The van der Waals surface area contributed by atoms with E-state index in [1.165, 1.54) is 24.3 Å². The highest BCUT2D eigenvalue weighted by Gasteiger charge is 2.15. The highest BCUT2D eigenvalue weighted by atomic mass is 32.2. The van der Waals surface area contributed by atoms with Crippen LogP contribution in [0.5, 0.6) is 11.5 Å². The van der Waals surface area contributed by atoms with Gasteiger partial charge in [0.25, 0.3) is 15.9 Å². The van der Waals surface area contributed by atoms with E-state index in [9.17, 15) is 13.2 Å². The molecule has 1 N–H and O–H groups in total. The highest BCUT2D eigenvalue weighted by Crippen LogP contribution is 2.20. The fraction of sp³-hybridized carbons (Fsp3) is 0.208. The van der Waals surface area contributed by atoms with Crippen LogP contribution >= 0.6 is 0 Å². The Kier molecular flexibility index (Phi) is 7.37. The van der Waals surface area contributed by atoms with Crippen molar-refractivity contribution in [1.29, 1.82) is 0 Å². The first-order valence-corrected chi connectivity index (χ1v) is 11.4. The maximum absolute atomic E-state index is 12.6. The topological polar surface area (TPSA) is 84.9 Å². The number of carbonyl (C=O) groups excluding carboxylic acids is 1. The van der Waals surface area contributed by atoms with Crippen molar-refractivity contribution in [3.8, 4) is 11.5 Å². The summed E-state index contributed by atoms with van der Waals surface area (Å²) in [5.41, 5.74) is 2.42. The van der Waals surface area contributed by atoms with Crippen molar-refractivity contribution < 1.29 is 22.7 Å². The van der Waals surface area contributed by atoms with Crippen LogP contribution in [0.2, 0.25) is 0 Å². The second-order valence-electron chi connectivity index (χ2n) is 7.33. The number of amides is 1. The summed E-state index contributed by atoms with van der Waals surface area (Å²) in [6.07, 6.45) is 0. The lowest BCUT2D eigenvalue weighted by atomic mass is 10.2. The van der Waals surface area contributed by atoms with Crippen molar-refractivity contribution in [3.63, 3.8) is 0 Å². The summed E-state index contributed by atoms with van der Waals surface area (Å²) >= 11 is 0. The van der Waals surface area contributed by atoms with Gasteiger partial charge in [-0.2, -0.15) is 0 Å².